The number of hydrogen-bond donors (Lipinski definition) is 1. The molecule has 2 atom stereocenters. The van der Waals surface area contributed by atoms with Gasteiger partial charge in [-0.3, -0.25) is 4.31 Å². The van der Waals surface area contributed by atoms with Crippen LogP contribution in [0.2, 0.25) is 0 Å². The summed E-state index contributed by atoms with van der Waals surface area (Å²) in [6, 6.07) is 7.67. The summed E-state index contributed by atoms with van der Waals surface area (Å²) < 4.78 is 26.8. The lowest BCUT2D eigenvalue weighted by atomic mass is 10.1. The highest BCUT2D eigenvalue weighted by atomic mass is 32.2. The number of rotatable bonds is 4. The molecule has 0 amide bonds. The minimum absolute atomic E-state index is 0.0204. The monoisotopic (exact) mass is 268 g/mol. The van der Waals surface area contributed by atoms with Crippen molar-refractivity contribution in [2.24, 2.45) is 5.73 Å². The van der Waals surface area contributed by atoms with Gasteiger partial charge in [-0.15, -0.1) is 0 Å². The molecule has 1 aromatic carbocycles. The Bertz CT molecular complexity index is 524. The maximum atomic E-state index is 12.6. The average molecular weight is 268 g/mol. The standard InChI is InChI=1S/C13H20N2O2S/c1-3-12(9-14)18(16,17)15-10(2)8-11-6-4-5-7-13(11)15/h4-7,10,12H,3,8-9,14H2,1-2H3. The Balaban J connectivity index is 2.45. The van der Waals surface area contributed by atoms with E-state index in [2.05, 4.69) is 0 Å². The van der Waals surface area contributed by atoms with E-state index in [9.17, 15) is 8.42 Å². The van der Waals surface area contributed by atoms with Crippen LogP contribution in [0.4, 0.5) is 5.69 Å². The summed E-state index contributed by atoms with van der Waals surface area (Å²) in [4.78, 5) is 0. The molecule has 1 aliphatic heterocycles. The average Bonchev–Trinajstić information content (AvgIpc) is 2.66. The predicted octanol–water partition coefficient (Wildman–Crippen LogP) is 1.50. The van der Waals surface area contributed by atoms with E-state index in [0.717, 1.165) is 17.7 Å². The SMILES string of the molecule is CCC(CN)S(=O)(=O)N1c2ccccc2CC1C. The van der Waals surface area contributed by atoms with Crippen LogP contribution in [0.15, 0.2) is 24.3 Å². The van der Waals surface area contributed by atoms with E-state index in [1.807, 2.05) is 38.1 Å². The Morgan fingerprint density at radius 2 is 2.11 bits per heavy atom. The van der Waals surface area contributed by atoms with Crippen molar-refractivity contribution in [3.05, 3.63) is 29.8 Å². The minimum Gasteiger partial charge on any atom is -0.329 e. The van der Waals surface area contributed by atoms with Crippen molar-refractivity contribution in [3.63, 3.8) is 0 Å². The molecule has 0 saturated heterocycles. The van der Waals surface area contributed by atoms with Gasteiger partial charge in [0, 0.05) is 12.6 Å². The summed E-state index contributed by atoms with van der Waals surface area (Å²) in [5.74, 6) is 0. The molecule has 0 saturated carbocycles. The van der Waals surface area contributed by atoms with Crippen molar-refractivity contribution >= 4 is 15.7 Å². The second kappa shape index (κ2) is 4.90. The molecule has 2 N–H and O–H groups in total. The minimum atomic E-state index is -3.36. The molecule has 18 heavy (non-hydrogen) atoms. The second-order valence-corrected chi connectivity index (χ2v) is 6.88. The number of para-hydroxylation sites is 1. The van der Waals surface area contributed by atoms with E-state index >= 15 is 0 Å². The molecule has 2 rings (SSSR count). The lowest BCUT2D eigenvalue weighted by Crippen LogP contribution is -2.44. The Morgan fingerprint density at radius 1 is 1.44 bits per heavy atom. The molecule has 1 aromatic rings. The molecule has 1 heterocycles. The molecule has 0 aromatic heterocycles. The van der Waals surface area contributed by atoms with E-state index in [4.69, 9.17) is 5.73 Å². The van der Waals surface area contributed by atoms with Gasteiger partial charge in [-0.2, -0.15) is 0 Å². The molecule has 5 heteroatoms. The van der Waals surface area contributed by atoms with Gasteiger partial charge in [0.05, 0.1) is 10.9 Å². The van der Waals surface area contributed by atoms with Crippen molar-refractivity contribution in [2.45, 2.75) is 38.0 Å². The highest BCUT2D eigenvalue weighted by Gasteiger charge is 2.38. The predicted molar refractivity (Wildman–Crippen MR) is 74.1 cm³/mol. The van der Waals surface area contributed by atoms with Crippen LogP contribution in [0.1, 0.15) is 25.8 Å². The van der Waals surface area contributed by atoms with Crippen molar-refractivity contribution in [1.82, 2.24) is 0 Å². The van der Waals surface area contributed by atoms with Crippen molar-refractivity contribution in [3.8, 4) is 0 Å². The molecular formula is C13H20N2O2S. The summed E-state index contributed by atoms with van der Waals surface area (Å²) in [6.07, 6.45) is 1.32. The van der Waals surface area contributed by atoms with Gasteiger partial charge < -0.3 is 5.73 Å². The van der Waals surface area contributed by atoms with Gasteiger partial charge >= 0.3 is 0 Å². The molecule has 0 spiro atoms. The largest absolute Gasteiger partial charge is 0.329 e. The number of benzene rings is 1. The lowest BCUT2D eigenvalue weighted by Gasteiger charge is -2.28. The fraction of sp³-hybridized carbons (Fsp3) is 0.538. The number of sulfonamides is 1. The van der Waals surface area contributed by atoms with E-state index in [1.54, 1.807) is 4.31 Å². The zero-order chi connectivity index (χ0) is 13.3. The Hall–Kier alpha value is -1.07. The van der Waals surface area contributed by atoms with Crippen molar-refractivity contribution in [2.75, 3.05) is 10.8 Å². The summed E-state index contributed by atoms with van der Waals surface area (Å²) in [6.45, 7) is 3.98. The topological polar surface area (TPSA) is 63.4 Å². The number of fused-ring (bicyclic) bond motifs is 1. The number of anilines is 1. The van der Waals surface area contributed by atoms with Crippen molar-refractivity contribution in [1.29, 1.82) is 0 Å². The highest BCUT2D eigenvalue weighted by molar-refractivity contribution is 7.93. The van der Waals surface area contributed by atoms with Crippen LogP contribution in [-0.4, -0.2) is 26.3 Å². The Labute approximate surface area is 109 Å². The third-order valence-corrected chi connectivity index (χ3v) is 6.03. The highest BCUT2D eigenvalue weighted by Crippen LogP contribution is 2.35. The van der Waals surface area contributed by atoms with Crippen LogP contribution < -0.4 is 10.0 Å². The molecule has 4 nitrogen and oxygen atoms in total. The van der Waals surface area contributed by atoms with Crippen LogP contribution in [0, 0.1) is 0 Å². The van der Waals surface area contributed by atoms with Gasteiger partial charge in [0.2, 0.25) is 10.0 Å². The zero-order valence-electron chi connectivity index (χ0n) is 10.8. The molecule has 2 unspecified atom stereocenters. The van der Waals surface area contributed by atoms with Crippen LogP contribution in [0.5, 0.6) is 0 Å². The van der Waals surface area contributed by atoms with Gasteiger partial charge in [0.25, 0.3) is 0 Å². The van der Waals surface area contributed by atoms with E-state index in [-0.39, 0.29) is 12.6 Å². The molecule has 0 aliphatic carbocycles. The third-order valence-electron chi connectivity index (χ3n) is 3.56. The molecule has 0 fully saturated rings. The summed E-state index contributed by atoms with van der Waals surface area (Å²) in [5, 5.41) is -0.494. The Kier molecular flexibility index (Phi) is 3.64. The molecule has 100 valence electrons. The summed E-state index contributed by atoms with van der Waals surface area (Å²) >= 11 is 0. The van der Waals surface area contributed by atoms with Crippen LogP contribution in [0.3, 0.4) is 0 Å². The maximum Gasteiger partial charge on any atom is 0.239 e. The van der Waals surface area contributed by atoms with Gasteiger partial charge in [-0.25, -0.2) is 8.42 Å². The number of nitrogens with two attached hydrogens (primary N) is 1. The zero-order valence-corrected chi connectivity index (χ0v) is 11.7. The van der Waals surface area contributed by atoms with Crippen LogP contribution in [0.25, 0.3) is 0 Å². The first-order chi connectivity index (χ1) is 8.52. The smallest absolute Gasteiger partial charge is 0.239 e. The first-order valence-corrected chi connectivity index (χ1v) is 7.83. The van der Waals surface area contributed by atoms with Gasteiger partial charge in [0.15, 0.2) is 0 Å². The maximum absolute atomic E-state index is 12.6. The van der Waals surface area contributed by atoms with Gasteiger partial charge in [-0.05, 0) is 31.4 Å². The van der Waals surface area contributed by atoms with Crippen LogP contribution in [-0.2, 0) is 16.4 Å². The van der Waals surface area contributed by atoms with E-state index < -0.39 is 15.3 Å². The van der Waals surface area contributed by atoms with Crippen LogP contribution >= 0.6 is 0 Å². The first kappa shape index (κ1) is 13.4. The fourth-order valence-electron chi connectivity index (χ4n) is 2.58. The molecule has 0 bridgehead atoms. The van der Waals surface area contributed by atoms with Gasteiger partial charge in [-0.1, -0.05) is 25.1 Å². The van der Waals surface area contributed by atoms with Crippen molar-refractivity contribution < 1.29 is 8.42 Å². The molecular weight excluding hydrogens is 248 g/mol. The third kappa shape index (κ3) is 2.01. The lowest BCUT2D eigenvalue weighted by molar-refractivity contribution is 0.564. The second-order valence-electron chi connectivity index (χ2n) is 4.79. The van der Waals surface area contributed by atoms with Gasteiger partial charge in [0.1, 0.15) is 0 Å². The summed E-state index contributed by atoms with van der Waals surface area (Å²) in [5.41, 5.74) is 7.51. The number of hydrogen-bond acceptors (Lipinski definition) is 3. The fourth-order valence-corrected chi connectivity index (χ4v) is 4.60. The summed E-state index contributed by atoms with van der Waals surface area (Å²) in [7, 11) is -3.36. The number of nitrogens with zero attached hydrogens (tertiary/aromatic N) is 1. The van der Waals surface area contributed by atoms with E-state index in [0.29, 0.717) is 6.42 Å². The quantitative estimate of drug-likeness (QED) is 0.900. The first-order valence-electron chi connectivity index (χ1n) is 6.33. The molecule has 1 aliphatic rings. The normalized spacial score (nSPS) is 20.8. The Morgan fingerprint density at radius 3 is 2.72 bits per heavy atom. The molecule has 0 radical (unpaired) electrons. The van der Waals surface area contributed by atoms with E-state index in [1.165, 1.54) is 0 Å².